The summed E-state index contributed by atoms with van der Waals surface area (Å²) >= 11 is 0. The summed E-state index contributed by atoms with van der Waals surface area (Å²) in [7, 11) is 0. The van der Waals surface area contributed by atoms with Crippen LogP contribution in [0, 0.1) is 5.82 Å². The largest absolute Gasteiger partial charge is 0.353 e. The minimum Gasteiger partial charge on any atom is -0.353 e. The van der Waals surface area contributed by atoms with Gasteiger partial charge < -0.3 is 10.6 Å². The zero-order valence-electron chi connectivity index (χ0n) is 8.54. The molecule has 0 amide bonds. The van der Waals surface area contributed by atoms with Crippen LogP contribution in [0.4, 0.5) is 10.3 Å². The van der Waals surface area contributed by atoms with Crippen molar-refractivity contribution < 1.29 is 4.39 Å². The van der Waals surface area contributed by atoms with Gasteiger partial charge >= 0.3 is 0 Å². The second kappa shape index (κ2) is 5.02. The van der Waals surface area contributed by atoms with Gasteiger partial charge in [-0.25, -0.2) is 14.4 Å². The normalized spacial score (nSPS) is 21.3. The Morgan fingerprint density at radius 1 is 1.40 bits per heavy atom. The van der Waals surface area contributed by atoms with Gasteiger partial charge in [-0.1, -0.05) is 6.42 Å². The van der Waals surface area contributed by atoms with Crippen molar-refractivity contribution in [2.45, 2.75) is 25.3 Å². The van der Waals surface area contributed by atoms with Crippen LogP contribution in [0.25, 0.3) is 0 Å². The Morgan fingerprint density at radius 2 is 2.20 bits per heavy atom. The molecule has 1 aromatic heterocycles. The number of halogens is 1. The molecule has 1 saturated heterocycles. The average molecular weight is 210 g/mol. The Hall–Kier alpha value is -1.23. The Balaban J connectivity index is 1.79. The Morgan fingerprint density at radius 3 is 2.87 bits per heavy atom. The molecular formula is C10H15FN4. The number of rotatable bonds is 3. The summed E-state index contributed by atoms with van der Waals surface area (Å²) in [5.41, 5.74) is 0. The number of anilines is 1. The van der Waals surface area contributed by atoms with Gasteiger partial charge in [0.15, 0.2) is 5.82 Å². The van der Waals surface area contributed by atoms with E-state index in [1.54, 1.807) is 0 Å². The van der Waals surface area contributed by atoms with Gasteiger partial charge in [0.05, 0.1) is 12.4 Å². The lowest BCUT2D eigenvalue weighted by atomic mass is 10.1. The van der Waals surface area contributed by atoms with Crippen molar-refractivity contribution in [3.8, 4) is 0 Å². The Bertz CT molecular complexity index is 295. The molecule has 4 nitrogen and oxygen atoms in total. The monoisotopic (exact) mass is 210 g/mol. The van der Waals surface area contributed by atoms with Crippen LogP contribution in [0.15, 0.2) is 12.4 Å². The summed E-state index contributed by atoms with van der Waals surface area (Å²) in [5.74, 6) is 0.0834. The van der Waals surface area contributed by atoms with E-state index in [4.69, 9.17) is 0 Å². The van der Waals surface area contributed by atoms with Crippen molar-refractivity contribution in [3.05, 3.63) is 18.2 Å². The molecule has 1 aliphatic heterocycles. The smallest absolute Gasteiger partial charge is 0.222 e. The fraction of sp³-hybridized carbons (Fsp3) is 0.600. The van der Waals surface area contributed by atoms with Gasteiger partial charge in [0.25, 0.3) is 0 Å². The van der Waals surface area contributed by atoms with E-state index < -0.39 is 5.82 Å². The second-order valence-electron chi connectivity index (χ2n) is 3.75. The topological polar surface area (TPSA) is 49.8 Å². The molecule has 82 valence electrons. The minimum atomic E-state index is -0.406. The first-order valence-corrected chi connectivity index (χ1v) is 5.29. The predicted octanol–water partition coefficient (Wildman–Crippen LogP) is 1.17. The van der Waals surface area contributed by atoms with E-state index in [0.29, 0.717) is 12.0 Å². The summed E-state index contributed by atoms with van der Waals surface area (Å²) in [5, 5.41) is 6.50. The van der Waals surface area contributed by atoms with Gasteiger partial charge in [-0.2, -0.15) is 0 Å². The van der Waals surface area contributed by atoms with Crippen molar-refractivity contribution >= 4 is 5.95 Å². The van der Waals surface area contributed by atoms with E-state index in [0.717, 1.165) is 13.1 Å². The number of hydrogen-bond donors (Lipinski definition) is 2. The molecule has 1 aromatic rings. The van der Waals surface area contributed by atoms with E-state index >= 15 is 0 Å². The highest BCUT2D eigenvalue weighted by Crippen LogP contribution is 2.07. The van der Waals surface area contributed by atoms with Gasteiger partial charge in [0.2, 0.25) is 5.95 Å². The second-order valence-corrected chi connectivity index (χ2v) is 3.75. The summed E-state index contributed by atoms with van der Waals surface area (Å²) in [6, 6.07) is 0.479. The Kier molecular flexibility index (Phi) is 3.45. The zero-order chi connectivity index (χ0) is 10.5. The fourth-order valence-electron chi connectivity index (χ4n) is 1.72. The molecule has 0 aromatic carbocycles. The van der Waals surface area contributed by atoms with Gasteiger partial charge in [-0.05, 0) is 19.4 Å². The summed E-state index contributed by atoms with van der Waals surface area (Å²) in [6.07, 6.45) is 6.04. The van der Waals surface area contributed by atoms with Crippen molar-refractivity contribution in [3.63, 3.8) is 0 Å². The van der Waals surface area contributed by atoms with Crippen LogP contribution in [0.5, 0.6) is 0 Å². The maximum atomic E-state index is 12.5. The first-order valence-electron chi connectivity index (χ1n) is 5.29. The molecule has 2 rings (SSSR count). The number of piperidine rings is 1. The van der Waals surface area contributed by atoms with Crippen LogP contribution in [0.2, 0.25) is 0 Å². The van der Waals surface area contributed by atoms with E-state index in [1.165, 1.54) is 31.7 Å². The molecule has 0 radical (unpaired) electrons. The van der Waals surface area contributed by atoms with Gasteiger partial charge in [0, 0.05) is 12.6 Å². The third-order valence-electron chi connectivity index (χ3n) is 2.54. The van der Waals surface area contributed by atoms with Crippen molar-refractivity contribution in [2.75, 3.05) is 18.4 Å². The molecule has 0 bridgehead atoms. The Labute approximate surface area is 88.3 Å². The predicted molar refractivity (Wildman–Crippen MR) is 56.1 cm³/mol. The standard InChI is InChI=1S/C10H15FN4/c11-8-5-13-10(14-6-8)15-7-9-3-1-2-4-12-9/h5-6,9,12H,1-4,7H2,(H,13,14,15)/t9-/m0/s1. The van der Waals surface area contributed by atoms with Crippen molar-refractivity contribution in [2.24, 2.45) is 0 Å². The van der Waals surface area contributed by atoms with E-state index in [-0.39, 0.29) is 0 Å². The number of nitrogens with zero attached hydrogens (tertiary/aromatic N) is 2. The lowest BCUT2D eigenvalue weighted by Crippen LogP contribution is -2.39. The lowest BCUT2D eigenvalue weighted by molar-refractivity contribution is 0.413. The first-order chi connectivity index (χ1) is 7.34. The molecule has 2 N–H and O–H groups in total. The lowest BCUT2D eigenvalue weighted by Gasteiger charge is -2.23. The van der Waals surface area contributed by atoms with Gasteiger partial charge in [-0.3, -0.25) is 0 Å². The van der Waals surface area contributed by atoms with Crippen LogP contribution in [-0.4, -0.2) is 29.1 Å². The highest BCUT2D eigenvalue weighted by atomic mass is 19.1. The molecule has 2 heterocycles. The maximum absolute atomic E-state index is 12.5. The van der Waals surface area contributed by atoms with Crippen LogP contribution in [-0.2, 0) is 0 Å². The average Bonchev–Trinajstić information content (AvgIpc) is 2.30. The van der Waals surface area contributed by atoms with Crippen LogP contribution < -0.4 is 10.6 Å². The van der Waals surface area contributed by atoms with E-state index in [2.05, 4.69) is 20.6 Å². The molecule has 5 heteroatoms. The molecule has 0 aliphatic carbocycles. The van der Waals surface area contributed by atoms with Gasteiger partial charge in [0.1, 0.15) is 0 Å². The van der Waals surface area contributed by atoms with Crippen LogP contribution in [0.3, 0.4) is 0 Å². The number of hydrogen-bond acceptors (Lipinski definition) is 4. The summed E-state index contributed by atoms with van der Waals surface area (Å²) in [6.45, 7) is 1.88. The maximum Gasteiger partial charge on any atom is 0.222 e. The highest BCUT2D eigenvalue weighted by Gasteiger charge is 2.12. The molecule has 1 aliphatic rings. The number of aromatic nitrogens is 2. The molecule has 15 heavy (non-hydrogen) atoms. The van der Waals surface area contributed by atoms with Crippen molar-refractivity contribution in [1.82, 2.24) is 15.3 Å². The highest BCUT2D eigenvalue weighted by molar-refractivity contribution is 5.22. The molecule has 0 unspecified atom stereocenters. The molecule has 1 fully saturated rings. The first kappa shape index (κ1) is 10.3. The third kappa shape index (κ3) is 3.13. The quantitative estimate of drug-likeness (QED) is 0.786. The molecule has 0 saturated carbocycles. The fourth-order valence-corrected chi connectivity index (χ4v) is 1.72. The molecule has 0 spiro atoms. The summed E-state index contributed by atoms with van der Waals surface area (Å²) < 4.78 is 12.5. The minimum absolute atomic E-state index is 0.406. The number of nitrogens with one attached hydrogen (secondary N) is 2. The zero-order valence-corrected chi connectivity index (χ0v) is 8.54. The van der Waals surface area contributed by atoms with E-state index in [9.17, 15) is 4.39 Å². The van der Waals surface area contributed by atoms with Crippen molar-refractivity contribution in [1.29, 1.82) is 0 Å². The van der Waals surface area contributed by atoms with E-state index in [1.807, 2.05) is 0 Å². The third-order valence-corrected chi connectivity index (χ3v) is 2.54. The summed E-state index contributed by atoms with van der Waals surface area (Å²) in [4.78, 5) is 7.68. The van der Waals surface area contributed by atoms with Gasteiger partial charge in [-0.15, -0.1) is 0 Å². The SMILES string of the molecule is Fc1cnc(NC[C@@H]2CCCCN2)nc1. The van der Waals surface area contributed by atoms with Crippen LogP contribution >= 0.6 is 0 Å². The molecule has 1 atom stereocenters. The molecular weight excluding hydrogens is 195 g/mol. The van der Waals surface area contributed by atoms with Crippen LogP contribution in [0.1, 0.15) is 19.3 Å².